The summed E-state index contributed by atoms with van der Waals surface area (Å²) in [6.07, 6.45) is -0.0395. The topological polar surface area (TPSA) is 96.0 Å². The Balaban J connectivity index is 1.88. The Hall–Kier alpha value is -2.74. The molecule has 0 aromatic heterocycles. The number of imide groups is 1. The quantitative estimate of drug-likeness (QED) is 0.645. The standard InChI is InChI=1S/C19H25N3O5/c1-3-21(4-2)11-10-20-19(26)15-7-5-6-14(12-15)13-18(25)27-22-16(23)8-9-17(22)24/h5-7,12H,3-4,8-11,13H2,1-2H3,(H,20,26). The molecule has 0 saturated carbocycles. The molecular formula is C19H25N3O5. The Morgan fingerprint density at radius 3 is 2.44 bits per heavy atom. The van der Waals surface area contributed by atoms with E-state index in [0.29, 0.717) is 22.7 Å². The maximum Gasteiger partial charge on any atom is 0.337 e. The van der Waals surface area contributed by atoms with Gasteiger partial charge in [0.25, 0.3) is 17.7 Å². The number of amides is 3. The Bertz CT molecular complexity index is 699. The van der Waals surface area contributed by atoms with Gasteiger partial charge in [-0.25, -0.2) is 4.79 Å². The highest BCUT2D eigenvalue weighted by Gasteiger charge is 2.32. The molecular weight excluding hydrogens is 350 g/mol. The van der Waals surface area contributed by atoms with Gasteiger partial charge in [-0.3, -0.25) is 14.4 Å². The first kappa shape index (κ1) is 20.6. The zero-order chi connectivity index (χ0) is 19.8. The van der Waals surface area contributed by atoms with Crippen LogP contribution in [0.4, 0.5) is 0 Å². The van der Waals surface area contributed by atoms with Crippen LogP contribution in [0, 0.1) is 0 Å². The second kappa shape index (κ2) is 9.82. The number of hydrogen-bond acceptors (Lipinski definition) is 6. The molecule has 1 fully saturated rings. The Morgan fingerprint density at radius 2 is 1.81 bits per heavy atom. The largest absolute Gasteiger partial charge is 0.351 e. The lowest BCUT2D eigenvalue weighted by atomic mass is 10.1. The van der Waals surface area contributed by atoms with Crippen molar-refractivity contribution >= 4 is 23.7 Å². The summed E-state index contributed by atoms with van der Waals surface area (Å²) in [5.41, 5.74) is 1.00. The predicted molar refractivity (Wildman–Crippen MR) is 97.4 cm³/mol. The summed E-state index contributed by atoms with van der Waals surface area (Å²) >= 11 is 0. The molecule has 0 bridgehead atoms. The van der Waals surface area contributed by atoms with Gasteiger partial charge in [0.05, 0.1) is 6.42 Å². The van der Waals surface area contributed by atoms with Crippen molar-refractivity contribution in [3.8, 4) is 0 Å². The van der Waals surface area contributed by atoms with Crippen LogP contribution in [0.25, 0.3) is 0 Å². The van der Waals surface area contributed by atoms with Crippen LogP contribution < -0.4 is 5.32 Å². The molecule has 0 spiro atoms. The molecule has 1 heterocycles. The maximum absolute atomic E-state index is 12.3. The molecule has 146 valence electrons. The average Bonchev–Trinajstić information content (AvgIpc) is 2.97. The molecule has 1 N–H and O–H groups in total. The van der Waals surface area contributed by atoms with Crippen LogP contribution >= 0.6 is 0 Å². The first-order valence-corrected chi connectivity index (χ1v) is 9.10. The van der Waals surface area contributed by atoms with Crippen LogP contribution in [-0.2, 0) is 25.6 Å². The van der Waals surface area contributed by atoms with Crippen molar-refractivity contribution in [2.75, 3.05) is 26.2 Å². The van der Waals surface area contributed by atoms with Crippen LogP contribution in [0.1, 0.15) is 42.6 Å². The smallest absolute Gasteiger partial charge is 0.337 e. The molecule has 8 heteroatoms. The summed E-state index contributed by atoms with van der Waals surface area (Å²) in [5.74, 6) is -1.98. The van der Waals surface area contributed by atoms with Crippen LogP contribution in [0.2, 0.25) is 0 Å². The maximum atomic E-state index is 12.3. The van der Waals surface area contributed by atoms with Gasteiger partial charge in [-0.2, -0.15) is 0 Å². The van der Waals surface area contributed by atoms with Crippen molar-refractivity contribution in [1.82, 2.24) is 15.3 Å². The minimum Gasteiger partial charge on any atom is -0.351 e. The summed E-state index contributed by atoms with van der Waals surface area (Å²) in [7, 11) is 0. The van der Waals surface area contributed by atoms with Gasteiger partial charge in [-0.05, 0) is 30.8 Å². The molecule has 8 nitrogen and oxygen atoms in total. The summed E-state index contributed by atoms with van der Waals surface area (Å²) in [6, 6.07) is 6.62. The lowest BCUT2D eigenvalue weighted by molar-refractivity contribution is -0.197. The molecule has 3 amide bonds. The predicted octanol–water partition coefficient (Wildman–Crippen LogP) is 0.908. The zero-order valence-electron chi connectivity index (χ0n) is 15.7. The number of benzene rings is 1. The van der Waals surface area contributed by atoms with E-state index >= 15 is 0 Å². The van der Waals surface area contributed by atoms with E-state index < -0.39 is 17.8 Å². The molecule has 0 unspecified atom stereocenters. The van der Waals surface area contributed by atoms with E-state index in [1.165, 1.54) is 0 Å². The van der Waals surface area contributed by atoms with Gasteiger partial charge in [-0.15, -0.1) is 5.06 Å². The second-order valence-corrected chi connectivity index (χ2v) is 6.21. The van der Waals surface area contributed by atoms with E-state index in [1.807, 2.05) is 0 Å². The minimum atomic E-state index is -0.724. The number of hydrogen-bond donors (Lipinski definition) is 1. The molecule has 0 radical (unpaired) electrons. The van der Waals surface area contributed by atoms with Crippen molar-refractivity contribution in [3.63, 3.8) is 0 Å². The number of carbonyl (C=O) groups is 4. The highest BCUT2D eigenvalue weighted by Crippen LogP contribution is 2.13. The number of likely N-dealkylation sites (N-methyl/N-ethyl adjacent to an activating group) is 1. The molecule has 27 heavy (non-hydrogen) atoms. The lowest BCUT2D eigenvalue weighted by Gasteiger charge is -2.18. The van der Waals surface area contributed by atoms with Crippen LogP contribution in [0.5, 0.6) is 0 Å². The van der Waals surface area contributed by atoms with Gasteiger partial charge >= 0.3 is 5.97 Å². The van der Waals surface area contributed by atoms with Crippen molar-refractivity contribution in [1.29, 1.82) is 0 Å². The monoisotopic (exact) mass is 375 g/mol. The van der Waals surface area contributed by atoms with Gasteiger partial charge in [0.2, 0.25) is 0 Å². The van der Waals surface area contributed by atoms with Gasteiger partial charge in [0.15, 0.2) is 0 Å². The van der Waals surface area contributed by atoms with E-state index in [1.54, 1.807) is 24.3 Å². The SMILES string of the molecule is CCN(CC)CCNC(=O)c1cccc(CC(=O)ON2C(=O)CCC2=O)c1. The van der Waals surface area contributed by atoms with Gasteiger partial charge in [-0.1, -0.05) is 26.0 Å². The van der Waals surface area contributed by atoms with Gasteiger partial charge < -0.3 is 15.1 Å². The molecule has 1 aromatic rings. The van der Waals surface area contributed by atoms with Gasteiger partial charge in [0, 0.05) is 31.5 Å². The first-order valence-electron chi connectivity index (χ1n) is 9.10. The van der Waals surface area contributed by atoms with Crippen LogP contribution in [-0.4, -0.2) is 59.8 Å². The van der Waals surface area contributed by atoms with E-state index in [4.69, 9.17) is 4.84 Å². The van der Waals surface area contributed by atoms with Gasteiger partial charge in [0.1, 0.15) is 0 Å². The van der Waals surface area contributed by atoms with E-state index in [9.17, 15) is 19.2 Å². The third kappa shape index (κ3) is 5.89. The van der Waals surface area contributed by atoms with Crippen molar-refractivity contribution in [2.45, 2.75) is 33.1 Å². The van der Waals surface area contributed by atoms with Crippen molar-refractivity contribution in [2.24, 2.45) is 0 Å². The Kier molecular flexibility index (Phi) is 7.48. The fourth-order valence-corrected chi connectivity index (χ4v) is 2.75. The number of nitrogens with zero attached hydrogens (tertiary/aromatic N) is 2. The number of rotatable bonds is 9. The lowest BCUT2D eigenvalue weighted by Crippen LogP contribution is -2.34. The first-order chi connectivity index (χ1) is 12.9. The normalized spacial score (nSPS) is 14.0. The molecule has 0 aliphatic carbocycles. The third-order valence-corrected chi connectivity index (χ3v) is 4.34. The summed E-state index contributed by atoms with van der Waals surface area (Å²) in [5, 5.41) is 3.37. The zero-order valence-corrected chi connectivity index (χ0v) is 15.7. The molecule has 1 aliphatic rings. The fourth-order valence-electron chi connectivity index (χ4n) is 2.75. The summed E-state index contributed by atoms with van der Waals surface area (Å²) in [4.78, 5) is 54.2. The Labute approximate surface area is 158 Å². The molecule has 1 saturated heterocycles. The molecule has 1 aromatic carbocycles. The highest BCUT2D eigenvalue weighted by molar-refractivity contribution is 6.01. The van der Waals surface area contributed by atoms with Crippen LogP contribution in [0.3, 0.4) is 0 Å². The Morgan fingerprint density at radius 1 is 1.15 bits per heavy atom. The third-order valence-electron chi connectivity index (χ3n) is 4.34. The molecule has 0 atom stereocenters. The number of hydroxylamine groups is 2. The summed E-state index contributed by atoms with van der Waals surface area (Å²) in [6.45, 7) is 7.28. The minimum absolute atomic E-state index is 0.0509. The number of nitrogens with one attached hydrogen (secondary N) is 1. The molecule has 1 aliphatic heterocycles. The van der Waals surface area contributed by atoms with Crippen molar-refractivity contribution in [3.05, 3.63) is 35.4 Å². The van der Waals surface area contributed by atoms with E-state index in [2.05, 4.69) is 24.1 Å². The van der Waals surface area contributed by atoms with Crippen molar-refractivity contribution < 1.29 is 24.0 Å². The molecule has 2 rings (SSSR count). The highest BCUT2D eigenvalue weighted by atomic mass is 16.7. The fraction of sp³-hybridized carbons (Fsp3) is 0.474. The number of carbonyl (C=O) groups excluding carboxylic acids is 4. The second-order valence-electron chi connectivity index (χ2n) is 6.21. The van der Waals surface area contributed by atoms with E-state index in [-0.39, 0.29) is 25.2 Å². The summed E-state index contributed by atoms with van der Waals surface area (Å²) < 4.78 is 0. The average molecular weight is 375 g/mol. The van der Waals surface area contributed by atoms with E-state index in [0.717, 1.165) is 19.6 Å². The van der Waals surface area contributed by atoms with Crippen LogP contribution in [0.15, 0.2) is 24.3 Å².